The van der Waals surface area contributed by atoms with Crippen molar-refractivity contribution in [2.24, 2.45) is 0 Å². The third kappa shape index (κ3) is 3.81. The summed E-state index contributed by atoms with van der Waals surface area (Å²) < 4.78 is 0. The molecule has 0 aromatic heterocycles. The largest absolute Gasteiger partial charge is 0.337 e. The third-order valence-electron chi connectivity index (χ3n) is 3.31. The van der Waals surface area contributed by atoms with E-state index in [-0.39, 0.29) is 11.8 Å². The molecule has 1 atom stereocenters. The van der Waals surface area contributed by atoms with E-state index in [0.29, 0.717) is 23.8 Å². The first-order valence-corrected chi connectivity index (χ1v) is 6.96. The van der Waals surface area contributed by atoms with Crippen molar-refractivity contribution in [2.75, 3.05) is 25.0 Å². The fourth-order valence-electron chi connectivity index (χ4n) is 2.41. The minimum absolute atomic E-state index is 0.0211. The Labute approximate surface area is 119 Å². The highest BCUT2D eigenvalue weighted by Crippen LogP contribution is 2.14. The van der Waals surface area contributed by atoms with Gasteiger partial charge in [0.15, 0.2) is 0 Å². The van der Waals surface area contributed by atoms with Gasteiger partial charge >= 0.3 is 0 Å². The zero-order chi connectivity index (χ0) is 14.5. The van der Waals surface area contributed by atoms with Gasteiger partial charge in [-0.05, 0) is 38.1 Å². The summed E-state index contributed by atoms with van der Waals surface area (Å²) in [5.41, 5.74) is 1.27. The van der Waals surface area contributed by atoms with Gasteiger partial charge in [-0.15, -0.1) is 0 Å². The number of nitrogens with zero attached hydrogens (tertiary/aromatic N) is 1. The second kappa shape index (κ2) is 6.52. The van der Waals surface area contributed by atoms with Crippen LogP contribution in [0.15, 0.2) is 24.3 Å². The van der Waals surface area contributed by atoms with Gasteiger partial charge in [-0.1, -0.05) is 6.07 Å². The lowest BCUT2D eigenvalue weighted by Crippen LogP contribution is -2.38. The SMILES string of the molecule is CC(=O)Nc1cccc(C(=O)N2CCCNC(C)C2)c1. The number of hydrogen-bond donors (Lipinski definition) is 2. The molecule has 1 saturated heterocycles. The van der Waals surface area contributed by atoms with Crippen LogP contribution in [0.4, 0.5) is 5.69 Å². The Morgan fingerprint density at radius 1 is 1.40 bits per heavy atom. The molecule has 20 heavy (non-hydrogen) atoms. The number of hydrogen-bond acceptors (Lipinski definition) is 3. The molecule has 2 N–H and O–H groups in total. The van der Waals surface area contributed by atoms with E-state index >= 15 is 0 Å². The van der Waals surface area contributed by atoms with Gasteiger partial charge in [0.25, 0.3) is 5.91 Å². The Bertz CT molecular complexity index is 502. The van der Waals surface area contributed by atoms with Crippen LogP contribution >= 0.6 is 0 Å². The highest BCUT2D eigenvalue weighted by atomic mass is 16.2. The van der Waals surface area contributed by atoms with Gasteiger partial charge in [-0.3, -0.25) is 9.59 Å². The van der Waals surface area contributed by atoms with Crippen molar-refractivity contribution < 1.29 is 9.59 Å². The molecule has 2 amide bonds. The molecule has 5 nitrogen and oxygen atoms in total. The standard InChI is InChI=1S/C15H21N3O2/c1-11-10-18(8-4-7-16-11)15(20)13-5-3-6-14(9-13)17-12(2)19/h3,5-6,9,11,16H,4,7-8,10H2,1-2H3,(H,17,19). The zero-order valence-electron chi connectivity index (χ0n) is 12.0. The second-order valence-electron chi connectivity index (χ2n) is 5.22. The van der Waals surface area contributed by atoms with Gasteiger partial charge in [0.05, 0.1) is 0 Å². The first-order valence-electron chi connectivity index (χ1n) is 6.96. The predicted molar refractivity (Wildman–Crippen MR) is 78.7 cm³/mol. The first-order chi connectivity index (χ1) is 9.56. The molecule has 1 aliphatic rings. The second-order valence-corrected chi connectivity index (χ2v) is 5.22. The summed E-state index contributed by atoms with van der Waals surface area (Å²) in [6.07, 6.45) is 0.960. The first kappa shape index (κ1) is 14.5. The summed E-state index contributed by atoms with van der Waals surface area (Å²) in [4.78, 5) is 25.5. The smallest absolute Gasteiger partial charge is 0.253 e. The number of anilines is 1. The van der Waals surface area contributed by atoms with Crippen molar-refractivity contribution >= 4 is 17.5 Å². The number of carbonyl (C=O) groups is 2. The lowest BCUT2D eigenvalue weighted by Gasteiger charge is -2.23. The summed E-state index contributed by atoms with van der Waals surface area (Å²) in [5.74, 6) is -0.116. The van der Waals surface area contributed by atoms with Crippen molar-refractivity contribution in [1.29, 1.82) is 0 Å². The molecule has 1 aliphatic heterocycles. The highest BCUT2D eigenvalue weighted by Gasteiger charge is 2.20. The van der Waals surface area contributed by atoms with E-state index in [0.717, 1.165) is 19.5 Å². The molecule has 2 rings (SSSR count). The van der Waals surface area contributed by atoms with Crippen LogP contribution in [-0.2, 0) is 4.79 Å². The van der Waals surface area contributed by atoms with Crippen LogP contribution in [0, 0.1) is 0 Å². The molecule has 0 saturated carbocycles. The minimum atomic E-state index is -0.137. The topological polar surface area (TPSA) is 61.4 Å². The maximum Gasteiger partial charge on any atom is 0.253 e. The molecule has 1 heterocycles. The molecule has 108 valence electrons. The molecule has 1 fully saturated rings. The summed E-state index contributed by atoms with van der Waals surface area (Å²) in [5, 5.41) is 6.07. The van der Waals surface area contributed by atoms with Crippen LogP contribution < -0.4 is 10.6 Å². The van der Waals surface area contributed by atoms with Crippen molar-refractivity contribution in [3.8, 4) is 0 Å². The fraction of sp³-hybridized carbons (Fsp3) is 0.467. The van der Waals surface area contributed by atoms with Gasteiger partial charge < -0.3 is 15.5 Å². The molecule has 1 unspecified atom stereocenters. The molecule has 0 aliphatic carbocycles. The summed E-state index contributed by atoms with van der Waals surface area (Å²) in [6, 6.07) is 7.39. The van der Waals surface area contributed by atoms with Crippen LogP contribution in [0.2, 0.25) is 0 Å². The summed E-state index contributed by atoms with van der Waals surface area (Å²) in [7, 11) is 0. The quantitative estimate of drug-likeness (QED) is 0.859. The lowest BCUT2D eigenvalue weighted by atomic mass is 10.1. The molecular formula is C15H21N3O2. The van der Waals surface area contributed by atoms with E-state index < -0.39 is 0 Å². The number of benzene rings is 1. The Morgan fingerprint density at radius 3 is 2.95 bits per heavy atom. The van der Waals surface area contributed by atoms with E-state index in [1.807, 2.05) is 4.90 Å². The van der Waals surface area contributed by atoms with Crippen LogP contribution in [-0.4, -0.2) is 42.4 Å². The zero-order valence-corrected chi connectivity index (χ0v) is 12.0. The Morgan fingerprint density at radius 2 is 2.20 bits per heavy atom. The third-order valence-corrected chi connectivity index (χ3v) is 3.31. The fourth-order valence-corrected chi connectivity index (χ4v) is 2.41. The highest BCUT2D eigenvalue weighted by molar-refractivity contribution is 5.96. The Balaban J connectivity index is 2.13. The molecule has 1 aromatic rings. The van der Waals surface area contributed by atoms with E-state index in [1.54, 1.807) is 24.3 Å². The molecule has 0 radical (unpaired) electrons. The van der Waals surface area contributed by atoms with E-state index in [1.165, 1.54) is 6.92 Å². The van der Waals surface area contributed by atoms with E-state index in [2.05, 4.69) is 17.6 Å². The van der Waals surface area contributed by atoms with Gasteiger partial charge in [-0.25, -0.2) is 0 Å². The average molecular weight is 275 g/mol. The number of rotatable bonds is 2. The molecule has 5 heteroatoms. The minimum Gasteiger partial charge on any atom is -0.337 e. The van der Waals surface area contributed by atoms with Gasteiger partial charge in [-0.2, -0.15) is 0 Å². The van der Waals surface area contributed by atoms with Crippen molar-refractivity contribution in [3.05, 3.63) is 29.8 Å². The molecular weight excluding hydrogens is 254 g/mol. The van der Waals surface area contributed by atoms with Crippen LogP contribution in [0.25, 0.3) is 0 Å². The van der Waals surface area contributed by atoms with Crippen LogP contribution in [0.3, 0.4) is 0 Å². The van der Waals surface area contributed by atoms with Crippen molar-refractivity contribution in [1.82, 2.24) is 10.2 Å². The predicted octanol–water partition coefficient (Wildman–Crippen LogP) is 1.47. The van der Waals surface area contributed by atoms with Crippen LogP contribution in [0.5, 0.6) is 0 Å². The van der Waals surface area contributed by atoms with E-state index in [4.69, 9.17) is 0 Å². The maximum absolute atomic E-state index is 12.5. The maximum atomic E-state index is 12.5. The number of carbonyl (C=O) groups excluding carboxylic acids is 2. The molecule has 1 aromatic carbocycles. The van der Waals surface area contributed by atoms with Crippen LogP contribution in [0.1, 0.15) is 30.6 Å². The lowest BCUT2D eigenvalue weighted by molar-refractivity contribution is -0.114. The van der Waals surface area contributed by atoms with Gasteiger partial charge in [0.1, 0.15) is 0 Å². The monoisotopic (exact) mass is 275 g/mol. The van der Waals surface area contributed by atoms with Gasteiger partial charge in [0.2, 0.25) is 5.91 Å². The number of amides is 2. The Hall–Kier alpha value is -1.88. The molecule has 0 bridgehead atoms. The number of nitrogens with one attached hydrogen (secondary N) is 2. The average Bonchev–Trinajstić information content (AvgIpc) is 2.62. The Kier molecular flexibility index (Phi) is 4.74. The summed E-state index contributed by atoms with van der Waals surface area (Å²) >= 11 is 0. The van der Waals surface area contributed by atoms with E-state index in [9.17, 15) is 9.59 Å². The molecule has 0 spiro atoms. The summed E-state index contributed by atoms with van der Waals surface area (Å²) in [6.45, 7) is 5.95. The normalized spacial score (nSPS) is 19.3. The van der Waals surface area contributed by atoms with Gasteiger partial charge in [0, 0.05) is 37.3 Å². The van der Waals surface area contributed by atoms with Crippen molar-refractivity contribution in [2.45, 2.75) is 26.3 Å². The van der Waals surface area contributed by atoms with Crippen molar-refractivity contribution in [3.63, 3.8) is 0 Å².